The molecule has 1 aromatic rings. The first-order valence-corrected chi connectivity index (χ1v) is 7.72. The van der Waals surface area contributed by atoms with Gasteiger partial charge in [-0.05, 0) is 19.1 Å². The first kappa shape index (κ1) is 17.7. The van der Waals surface area contributed by atoms with E-state index in [0.29, 0.717) is 0 Å². The zero-order valence-corrected chi connectivity index (χ0v) is 13.3. The fraction of sp³-hybridized carbons (Fsp3) is 0.417. The molecule has 0 aliphatic carbocycles. The number of sulfonamides is 1. The predicted molar refractivity (Wildman–Crippen MR) is 76.6 cm³/mol. The van der Waals surface area contributed by atoms with E-state index in [1.54, 1.807) is 6.92 Å². The lowest BCUT2D eigenvalue weighted by Crippen LogP contribution is -2.32. The summed E-state index contributed by atoms with van der Waals surface area (Å²) >= 11 is 5.78. The van der Waals surface area contributed by atoms with Gasteiger partial charge in [0.2, 0.25) is 10.0 Å². The molecule has 0 aromatic heterocycles. The maximum absolute atomic E-state index is 12.3. The summed E-state index contributed by atoms with van der Waals surface area (Å²) in [5, 5.41) is 9.07. The summed E-state index contributed by atoms with van der Waals surface area (Å²) in [6, 6.07) is 2.26. The van der Waals surface area contributed by atoms with Crippen molar-refractivity contribution in [1.82, 2.24) is 4.72 Å². The highest BCUT2D eigenvalue weighted by molar-refractivity contribution is 7.89. The molecule has 2 N–H and O–H groups in total. The number of hydrogen-bond donors (Lipinski definition) is 2. The number of carbonyl (C=O) groups is 1. The molecular formula is C12H16ClNO6S. The number of hydrogen-bond acceptors (Lipinski definition) is 5. The second-order valence-electron chi connectivity index (χ2n) is 4.19. The van der Waals surface area contributed by atoms with Gasteiger partial charge in [0, 0.05) is 18.7 Å². The van der Waals surface area contributed by atoms with E-state index in [-0.39, 0.29) is 33.9 Å². The van der Waals surface area contributed by atoms with Crippen LogP contribution in [0.5, 0.6) is 5.75 Å². The van der Waals surface area contributed by atoms with Gasteiger partial charge in [-0.1, -0.05) is 11.6 Å². The summed E-state index contributed by atoms with van der Waals surface area (Å²) in [4.78, 5) is 10.8. The van der Waals surface area contributed by atoms with E-state index >= 15 is 0 Å². The summed E-state index contributed by atoms with van der Waals surface area (Å²) < 4.78 is 36.7. The van der Waals surface area contributed by atoms with Gasteiger partial charge in [-0.3, -0.25) is 0 Å². The second-order valence-corrected chi connectivity index (χ2v) is 6.36. The Hall–Kier alpha value is -1.35. The van der Waals surface area contributed by atoms with E-state index in [0.717, 1.165) is 12.1 Å². The molecule has 1 atom stereocenters. The molecule has 0 fully saturated rings. The maximum atomic E-state index is 12.3. The third kappa shape index (κ3) is 4.31. The summed E-state index contributed by atoms with van der Waals surface area (Å²) in [5.74, 6) is -1.61. The number of aromatic carboxylic acids is 1. The Balaban J connectivity index is 3.31. The van der Waals surface area contributed by atoms with Crippen molar-refractivity contribution < 1.29 is 27.8 Å². The lowest BCUT2D eigenvalue weighted by atomic mass is 10.2. The molecule has 0 saturated heterocycles. The lowest BCUT2D eigenvalue weighted by Gasteiger charge is -2.15. The maximum Gasteiger partial charge on any atom is 0.339 e. The minimum Gasteiger partial charge on any atom is -0.494 e. The Morgan fingerprint density at radius 1 is 1.43 bits per heavy atom. The van der Waals surface area contributed by atoms with Gasteiger partial charge in [0.25, 0.3) is 0 Å². The third-order valence-electron chi connectivity index (χ3n) is 2.71. The largest absolute Gasteiger partial charge is 0.494 e. The minimum atomic E-state index is -3.99. The minimum absolute atomic E-state index is 0.0200. The summed E-state index contributed by atoms with van der Waals surface area (Å²) in [7, 11) is -1.36. The number of rotatable bonds is 7. The highest BCUT2D eigenvalue weighted by Gasteiger charge is 2.26. The highest BCUT2D eigenvalue weighted by Crippen LogP contribution is 2.31. The standard InChI is InChI=1S/C12H16ClNO6S/c1-7(19-2)6-14-21(17,18)10-5-8(13)4-9(12(15)16)11(10)20-3/h4-5,7,14H,6H2,1-3H3,(H,15,16). The number of ether oxygens (including phenoxy) is 2. The molecule has 0 radical (unpaired) electrons. The van der Waals surface area contributed by atoms with Crippen molar-refractivity contribution in [3.05, 3.63) is 22.7 Å². The third-order valence-corrected chi connectivity index (χ3v) is 4.35. The Morgan fingerprint density at radius 2 is 2.05 bits per heavy atom. The van der Waals surface area contributed by atoms with Crippen molar-refractivity contribution in [2.24, 2.45) is 0 Å². The van der Waals surface area contributed by atoms with Crippen LogP contribution in [0.15, 0.2) is 17.0 Å². The Bertz CT molecular complexity index is 631. The van der Waals surface area contributed by atoms with Crippen molar-refractivity contribution in [2.45, 2.75) is 17.9 Å². The Labute approximate surface area is 127 Å². The fourth-order valence-corrected chi connectivity index (χ4v) is 3.14. The van der Waals surface area contributed by atoms with Gasteiger partial charge in [-0.2, -0.15) is 0 Å². The van der Waals surface area contributed by atoms with Crippen LogP contribution < -0.4 is 9.46 Å². The molecule has 0 amide bonds. The molecule has 1 rings (SSSR count). The Kier molecular flexibility index (Phi) is 5.97. The van der Waals surface area contributed by atoms with Crippen molar-refractivity contribution in [2.75, 3.05) is 20.8 Å². The lowest BCUT2D eigenvalue weighted by molar-refractivity contribution is 0.0692. The summed E-state index contributed by atoms with van der Waals surface area (Å²) in [6.07, 6.45) is -0.344. The van der Waals surface area contributed by atoms with Gasteiger partial charge in [0.05, 0.1) is 13.2 Å². The molecule has 118 valence electrons. The monoisotopic (exact) mass is 337 g/mol. The molecular weight excluding hydrogens is 322 g/mol. The normalized spacial score (nSPS) is 13.0. The van der Waals surface area contributed by atoms with Gasteiger partial charge in [-0.15, -0.1) is 0 Å². The van der Waals surface area contributed by atoms with Crippen LogP contribution in [0.1, 0.15) is 17.3 Å². The van der Waals surface area contributed by atoms with Crippen LogP contribution in [0.3, 0.4) is 0 Å². The smallest absolute Gasteiger partial charge is 0.339 e. The van der Waals surface area contributed by atoms with Crippen LogP contribution in [-0.4, -0.2) is 46.4 Å². The van der Waals surface area contributed by atoms with Gasteiger partial charge in [0.15, 0.2) is 5.75 Å². The molecule has 1 aromatic carbocycles. The second kappa shape index (κ2) is 7.08. The molecule has 7 nitrogen and oxygen atoms in total. The van der Waals surface area contributed by atoms with Crippen LogP contribution in [0, 0.1) is 0 Å². The first-order valence-electron chi connectivity index (χ1n) is 5.86. The molecule has 0 heterocycles. The fourth-order valence-electron chi connectivity index (χ4n) is 1.53. The molecule has 0 aliphatic rings. The predicted octanol–water partition coefficient (Wildman–Crippen LogP) is 1.36. The zero-order chi connectivity index (χ0) is 16.2. The van der Waals surface area contributed by atoms with Crippen LogP contribution in [0.4, 0.5) is 0 Å². The van der Waals surface area contributed by atoms with Gasteiger partial charge >= 0.3 is 5.97 Å². The van der Waals surface area contributed by atoms with E-state index in [1.807, 2.05) is 0 Å². The number of methoxy groups -OCH3 is 2. The van der Waals surface area contributed by atoms with E-state index in [1.165, 1.54) is 14.2 Å². The quantitative estimate of drug-likeness (QED) is 0.779. The van der Waals surface area contributed by atoms with Crippen LogP contribution in [-0.2, 0) is 14.8 Å². The number of halogens is 1. The number of nitrogens with one attached hydrogen (secondary N) is 1. The average Bonchev–Trinajstić information content (AvgIpc) is 2.43. The number of carboxylic acids is 1. The molecule has 0 spiro atoms. The molecule has 1 unspecified atom stereocenters. The molecule has 21 heavy (non-hydrogen) atoms. The van der Waals surface area contributed by atoms with Gasteiger partial charge in [-0.25, -0.2) is 17.9 Å². The topological polar surface area (TPSA) is 102 Å². The zero-order valence-electron chi connectivity index (χ0n) is 11.7. The van der Waals surface area contributed by atoms with Crippen molar-refractivity contribution >= 4 is 27.6 Å². The van der Waals surface area contributed by atoms with Gasteiger partial charge in [0.1, 0.15) is 10.5 Å². The van der Waals surface area contributed by atoms with E-state index < -0.39 is 16.0 Å². The van der Waals surface area contributed by atoms with Gasteiger partial charge < -0.3 is 14.6 Å². The van der Waals surface area contributed by atoms with E-state index in [2.05, 4.69) is 4.72 Å². The SMILES string of the molecule is COc1c(C(=O)O)cc(Cl)cc1S(=O)(=O)NCC(C)OC. The van der Waals surface area contributed by atoms with Crippen molar-refractivity contribution in [3.8, 4) is 5.75 Å². The Morgan fingerprint density at radius 3 is 2.52 bits per heavy atom. The van der Waals surface area contributed by atoms with Crippen LogP contribution >= 0.6 is 11.6 Å². The average molecular weight is 338 g/mol. The molecule has 9 heteroatoms. The van der Waals surface area contributed by atoms with Crippen molar-refractivity contribution in [3.63, 3.8) is 0 Å². The summed E-state index contributed by atoms with van der Waals surface area (Å²) in [5.41, 5.74) is -0.329. The molecule has 0 saturated carbocycles. The number of carboxylic acid groups (broad SMARTS) is 1. The molecule has 0 aliphatic heterocycles. The first-order chi connectivity index (χ1) is 9.72. The van der Waals surface area contributed by atoms with E-state index in [4.69, 9.17) is 26.2 Å². The van der Waals surface area contributed by atoms with Crippen LogP contribution in [0.25, 0.3) is 0 Å². The van der Waals surface area contributed by atoms with Crippen LogP contribution in [0.2, 0.25) is 5.02 Å². The number of benzene rings is 1. The molecule has 0 bridgehead atoms. The summed E-state index contributed by atoms with van der Waals surface area (Å²) in [6.45, 7) is 1.71. The van der Waals surface area contributed by atoms with Crippen molar-refractivity contribution in [1.29, 1.82) is 0 Å². The highest BCUT2D eigenvalue weighted by atomic mass is 35.5. The van der Waals surface area contributed by atoms with E-state index in [9.17, 15) is 13.2 Å².